The van der Waals surface area contributed by atoms with Gasteiger partial charge in [-0.05, 0) is 44.4 Å². The number of aryl methyl sites for hydroxylation is 1. The van der Waals surface area contributed by atoms with Gasteiger partial charge in [0.05, 0.1) is 25.2 Å². The number of carboxylic acid groups (broad SMARTS) is 1. The van der Waals surface area contributed by atoms with Gasteiger partial charge in [0.25, 0.3) is 0 Å². The van der Waals surface area contributed by atoms with Crippen molar-refractivity contribution in [3.05, 3.63) is 65.5 Å². The van der Waals surface area contributed by atoms with E-state index in [1.165, 1.54) is 10.7 Å². The molecule has 1 aromatic carbocycles. The zero-order chi connectivity index (χ0) is 23.8. The summed E-state index contributed by atoms with van der Waals surface area (Å²) in [6, 6.07) is 9.25. The summed E-state index contributed by atoms with van der Waals surface area (Å²) >= 11 is 0. The summed E-state index contributed by atoms with van der Waals surface area (Å²) in [5.41, 5.74) is 0.604. The lowest BCUT2D eigenvalue weighted by Crippen LogP contribution is -2.07. The van der Waals surface area contributed by atoms with Crippen molar-refractivity contribution in [1.82, 2.24) is 14.8 Å². The number of aromatic nitrogens is 3. The summed E-state index contributed by atoms with van der Waals surface area (Å²) in [6.45, 7) is 2.63. The van der Waals surface area contributed by atoms with Gasteiger partial charge >= 0.3 is 12.1 Å². The summed E-state index contributed by atoms with van der Waals surface area (Å²) < 4.78 is 51.0. The van der Waals surface area contributed by atoms with Crippen LogP contribution < -0.4 is 9.47 Å². The minimum Gasteiger partial charge on any atom is -0.493 e. The lowest BCUT2D eigenvalue weighted by atomic mass is 10.1. The van der Waals surface area contributed by atoms with Crippen molar-refractivity contribution in [2.45, 2.75) is 38.8 Å². The van der Waals surface area contributed by atoms with E-state index in [9.17, 15) is 18.0 Å². The predicted octanol–water partition coefficient (Wildman–Crippen LogP) is 4.71. The topological polar surface area (TPSA) is 86.5 Å². The minimum absolute atomic E-state index is 0.106. The van der Waals surface area contributed by atoms with Gasteiger partial charge < -0.3 is 14.6 Å². The molecule has 2 heterocycles. The van der Waals surface area contributed by atoms with Gasteiger partial charge in [0.2, 0.25) is 5.88 Å². The Morgan fingerprint density at radius 2 is 1.88 bits per heavy atom. The number of halogens is 3. The van der Waals surface area contributed by atoms with Crippen LogP contribution in [-0.4, -0.2) is 39.1 Å². The molecular weight excluding hydrogens is 439 g/mol. The van der Waals surface area contributed by atoms with Crippen molar-refractivity contribution in [2.75, 3.05) is 13.2 Å². The molecule has 7 nitrogen and oxygen atoms in total. The third-order valence-corrected chi connectivity index (χ3v) is 4.75. The molecule has 33 heavy (non-hydrogen) atoms. The summed E-state index contributed by atoms with van der Waals surface area (Å²) in [4.78, 5) is 14.8. The molecule has 0 radical (unpaired) electrons. The minimum atomic E-state index is -4.45. The van der Waals surface area contributed by atoms with Gasteiger partial charge in [-0.1, -0.05) is 18.2 Å². The Hall–Kier alpha value is -3.56. The van der Waals surface area contributed by atoms with Crippen molar-refractivity contribution < 1.29 is 32.5 Å². The monoisotopic (exact) mass is 463 g/mol. The van der Waals surface area contributed by atoms with Crippen LogP contribution in [0.2, 0.25) is 0 Å². The van der Waals surface area contributed by atoms with E-state index < -0.39 is 17.7 Å². The maximum absolute atomic E-state index is 12.8. The number of unbranched alkanes of at least 4 members (excludes halogenated alkanes) is 1. The molecule has 0 fully saturated rings. The number of hydrogen-bond donors (Lipinski definition) is 1. The maximum Gasteiger partial charge on any atom is 0.417 e. The van der Waals surface area contributed by atoms with Crippen molar-refractivity contribution >= 4 is 5.97 Å². The van der Waals surface area contributed by atoms with Crippen LogP contribution in [0.15, 0.2) is 48.8 Å². The molecule has 1 N–H and O–H groups in total. The predicted molar refractivity (Wildman–Crippen MR) is 114 cm³/mol. The molecule has 0 atom stereocenters. The first-order valence-corrected chi connectivity index (χ1v) is 10.5. The molecule has 176 valence electrons. The Morgan fingerprint density at radius 1 is 1.09 bits per heavy atom. The standard InChI is InChI=1S/C23H24F3N3O4/c1-2-32-22-17(15-29(28-22)20-11-10-18(14-27-20)23(24,25)26)8-5-6-12-33-19-9-4-3-7-16(19)13-21(30)31/h3-4,7,9-11,14-15H,2,5-6,8,12-13H2,1H3,(H,30,31). The number of ether oxygens (including phenoxy) is 2. The van der Waals surface area contributed by atoms with E-state index in [-0.39, 0.29) is 12.2 Å². The van der Waals surface area contributed by atoms with Gasteiger partial charge in [-0.3, -0.25) is 4.79 Å². The molecule has 0 bridgehead atoms. The zero-order valence-electron chi connectivity index (χ0n) is 18.0. The van der Waals surface area contributed by atoms with E-state index >= 15 is 0 Å². The fraction of sp³-hybridized carbons (Fsp3) is 0.348. The third-order valence-electron chi connectivity index (χ3n) is 4.75. The highest BCUT2D eigenvalue weighted by Crippen LogP contribution is 2.29. The normalized spacial score (nSPS) is 11.4. The Balaban J connectivity index is 1.59. The summed E-state index contributed by atoms with van der Waals surface area (Å²) in [5.74, 6) is 0.297. The fourth-order valence-corrected chi connectivity index (χ4v) is 3.18. The number of aliphatic carboxylic acids is 1. The van der Waals surface area contributed by atoms with Crippen LogP contribution in [0, 0.1) is 0 Å². The fourth-order valence-electron chi connectivity index (χ4n) is 3.18. The van der Waals surface area contributed by atoms with Crippen LogP contribution >= 0.6 is 0 Å². The summed E-state index contributed by atoms with van der Waals surface area (Å²) in [7, 11) is 0. The van der Waals surface area contributed by atoms with Crippen molar-refractivity contribution in [2.24, 2.45) is 0 Å². The van der Waals surface area contributed by atoms with E-state index in [0.29, 0.717) is 43.2 Å². The van der Waals surface area contributed by atoms with Gasteiger partial charge in [0.15, 0.2) is 5.82 Å². The second-order valence-corrected chi connectivity index (χ2v) is 7.22. The van der Waals surface area contributed by atoms with Gasteiger partial charge in [-0.15, -0.1) is 5.10 Å². The number of nitrogens with zero attached hydrogens (tertiary/aromatic N) is 3. The number of pyridine rings is 1. The Kier molecular flexibility index (Phi) is 7.92. The van der Waals surface area contributed by atoms with Gasteiger partial charge in [-0.2, -0.15) is 13.2 Å². The second kappa shape index (κ2) is 10.8. The largest absolute Gasteiger partial charge is 0.493 e. The van der Waals surface area contributed by atoms with Crippen molar-refractivity contribution in [3.8, 4) is 17.4 Å². The highest BCUT2D eigenvalue weighted by molar-refractivity contribution is 5.71. The quantitative estimate of drug-likeness (QED) is 0.415. The average Bonchev–Trinajstić information content (AvgIpc) is 3.17. The van der Waals surface area contributed by atoms with Gasteiger partial charge in [0.1, 0.15) is 5.75 Å². The smallest absolute Gasteiger partial charge is 0.417 e. The third kappa shape index (κ3) is 6.71. The molecule has 2 aromatic heterocycles. The SMILES string of the molecule is CCOc1nn(-c2ccc(C(F)(F)F)cn2)cc1CCCCOc1ccccc1CC(=O)O. The van der Waals surface area contributed by atoms with E-state index in [0.717, 1.165) is 24.2 Å². The first-order chi connectivity index (χ1) is 15.8. The first-order valence-electron chi connectivity index (χ1n) is 10.5. The molecule has 0 spiro atoms. The van der Waals surface area contributed by atoms with Crippen molar-refractivity contribution in [3.63, 3.8) is 0 Å². The van der Waals surface area contributed by atoms with Crippen LogP contribution in [0.5, 0.6) is 11.6 Å². The van der Waals surface area contributed by atoms with Crippen molar-refractivity contribution in [1.29, 1.82) is 0 Å². The van der Waals surface area contributed by atoms with Crippen LogP contribution in [0.4, 0.5) is 13.2 Å². The van der Waals surface area contributed by atoms with Gasteiger partial charge in [-0.25, -0.2) is 9.67 Å². The number of carboxylic acids is 1. The number of hydrogen-bond acceptors (Lipinski definition) is 5. The summed E-state index contributed by atoms with van der Waals surface area (Å²) in [5, 5.41) is 13.3. The molecule has 0 unspecified atom stereocenters. The number of benzene rings is 1. The van der Waals surface area contributed by atoms with Crippen LogP contribution in [0.3, 0.4) is 0 Å². The van der Waals surface area contributed by atoms with E-state index in [2.05, 4.69) is 10.1 Å². The number of rotatable bonds is 11. The molecule has 3 aromatic rings. The molecule has 0 aliphatic carbocycles. The van der Waals surface area contributed by atoms with E-state index in [4.69, 9.17) is 14.6 Å². The van der Waals surface area contributed by atoms with E-state index in [1.54, 1.807) is 30.5 Å². The molecule has 0 amide bonds. The van der Waals surface area contributed by atoms with Crippen LogP contribution in [-0.2, 0) is 23.8 Å². The Bertz CT molecular complexity index is 1070. The van der Waals surface area contributed by atoms with Crippen LogP contribution in [0.1, 0.15) is 36.5 Å². The molecule has 3 rings (SSSR count). The molecule has 0 aliphatic heterocycles. The van der Waals surface area contributed by atoms with E-state index in [1.807, 2.05) is 6.92 Å². The molecule has 0 aliphatic rings. The number of carbonyl (C=O) groups is 1. The first kappa shape index (κ1) is 24.1. The highest BCUT2D eigenvalue weighted by atomic mass is 19.4. The molecule has 0 saturated heterocycles. The average molecular weight is 463 g/mol. The van der Waals surface area contributed by atoms with Gasteiger partial charge in [0, 0.05) is 23.5 Å². The second-order valence-electron chi connectivity index (χ2n) is 7.22. The Labute approximate surface area is 188 Å². The molecule has 0 saturated carbocycles. The lowest BCUT2D eigenvalue weighted by molar-refractivity contribution is -0.138. The molecular formula is C23H24F3N3O4. The summed E-state index contributed by atoms with van der Waals surface area (Å²) in [6.07, 6.45) is -0.0151. The highest BCUT2D eigenvalue weighted by Gasteiger charge is 2.30. The molecule has 10 heteroatoms. The number of para-hydroxylation sites is 1. The lowest BCUT2D eigenvalue weighted by Gasteiger charge is -2.10. The maximum atomic E-state index is 12.8. The van der Waals surface area contributed by atoms with Crippen LogP contribution in [0.25, 0.3) is 5.82 Å². The zero-order valence-corrected chi connectivity index (χ0v) is 18.0. The Morgan fingerprint density at radius 3 is 2.55 bits per heavy atom. The number of alkyl halides is 3.